The van der Waals surface area contributed by atoms with Crippen LogP contribution in [0, 0.1) is 12.7 Å². The summed E-state index contributed by atoms with van der Waals surface area (Å²) in [5.74, 6) is 0.480. The molecule has 1 atom stereocenters. The zero-order valence-corrected chi connectivity index (χ0v) is 15.3. The molecule has 1 unspecified atom stereocenters. The van der Waals surface area contributed by atoms with Gasteiger partial charge >= 0.3 is 0 Å². The van der Waals surface area contributed by atoms with Crippen LogP contribution in [0.4, 0.5) is 10.1 Å². The van der Waals surface area contributed by atoms with Gasteiger partial charge in [0, 0.05) is 31.9 Å². The minimum atomic E-state index is -0.518. The third-order valence-corrected chi connectivity index (χ3v) is 4.68. The number of hydrogen-bond acceptors (Lipinski definition) is 3. The number of carbonyl (C=O) groups excluding carboxylic acids is 1. The Kier molecular flexibility index (Phi) is 5.76. The van der Waals surface area contributed by atoms with Crippen molar-refractivity contribution in [1.82, 2.24) is 4.90 Å². The molecule has 0 spiro atoms. The highest BCUT2D eigenvalue weighted by Crippen LogP contribution is 2.18. The normalized spacial score (nSPS) is 16.1. The number of amides is 1. The quantitative estimate of drug-likeness (QED) is 0.838. The van der Waals surface area contributed by atoms with Crippen molar-refractivity contribution >= 4 is 11.6 Å². The van der Waals surface area contributed by atoms with E-state index in [1.54, 1.807) is 19.1 Å². The standard InChI is InChI=1S/C21H25FN2O2/c1-16-4-10-20(11-5-16)26-17(2)21(25)24-13-3-12-23(14-15-24)19-8-6-18(22)7-9-19/h4-11,17H,3,12-15H2,1-2H3. The molecule has 0 aliphatic carbocycles. The number of hydrogen-bond donors (Lipinski definition) is 0. The monoisotopic (exact) mass is 356 g/mol. The number of halogens is 1. The van der Waals surface area contributed by atoms with E-state index < -0.39 is 6.10 Å². The van der Waals surface area contributed by atoms with Crippen molar-refractivity contribution < 1.29 is 13.9 Å². The summed E-state index contributed by atoms with van der Waals surface area (Å²) < 4.78 is 18.9. The fourth-order valence-corrected chi connectivity index (χ4v) is 3.18. The lowest BCUT2D eigenvalue weighted by atomic mass is 10.2. The summed E-state index contributed by atoms with van der Waals surface area (Å²) in [4.78, 5) is 16.8. The van der Waals surface area contributed by atoms with Crippen LogP contribution in [0.3, 0.4) is 0 Å². The summed E-state index contributed by atoms with van der Waals surface area (Å²) in [6.07, 6.45) is 0.357. The first-order valence-corrected chi connectivity index (χ1v) is 9.05. The van der Waals surface area contributed by atoms with E-state index in [0.717, 1.165) is 30.8 Å². The molecule has 1 heterocycles. The van der Waals surface area contributed by atoms with E-state index >= 15 is 0 Å². The highest BCUT2D eigenvalue weighted by Gasteiger charge is 2.24. The zero-order valence-electron chi connectivity index (χ0n) is 15.3. The summed E-state index contributed by atoms with van der Waals surface area (Å²) in [7, 11) is 0. The lowest BCUT2D eigenvalue weighted by Gasteiger charge is -2.25. The number of aryl methyl sites for hydroxylation is 1. The molecular weight excluding hydrogens is 331 g/mol. The molecule has 0 N–H and O–H groups in total. The summed E-state index contributed by atoms with van der Waals surface area (Å²) in [6, 6.07) is 14.2. The highest BCUT2D eigenvalue weighted by atomic mass is 19.1. The fourth-order valence-electron chi connectivity index (χ4n) is 3.18. The van der Waals surface area contributed by atoms with Crippen molar-refractivity contribution in [3.8, 4) is 5.75 Å². The largest absolute Gasteiger partial charge is 0.481 e. The third kappa shape index (κ3) is 4.54. The molecule has 2 aromatic rings. The van der Waals surface area contributed by atoms with Gasteiger partial charge in [-0.3, -0.25) is 4.79 Å². The molecule has 0 radical (unpaired) electrons. The number of rotatable bonds is 4. The van der Waals surface area contributed by atoms with E-state index in [-0.39, 0.29) is 11.7 Å². The lowest BCUT2D eigenvalue weighted by Crippen LogP contribution is -2.42. The van der Waals surface area contributed by atoms with E-state index in [1.807, 2.05) is 36.1 Å². The Hall–Kier alpha value is -2.56. The molecule has 1 amide bonds. The Labute approximate surface area is 154 Å². The predicted molar refractivity (Wildman–Crippen MR) is 101 cm³/mol. The number of anilines is 1. The zero-order chi connectivity index (χ0) is 18.5. The molecule has 0 bridgehead atoms. The summed E-state index contributed by atoms with van der Waals surface area (Å²) >= 11 is 0. The number of benzene rings is 2. The first kappa shape index (κ1) is 18.2. The van der Waals surface area contributed by atoms with E-state index in [1.165, 1.54) is 12.1 Å². The van der Waals surface area contributed by atoms with Crippen LogP contribution in [0.5, 0.6) is 5.75 Å². The summed E-state index contributed by atoms with van der Waals surface area (Å²) in [5, 5.41) is 0. The Balaban J connectivity index is 1.58. The van der Waals surface area contributed by atoms with Crippen molar-refractivity contribution in [1.29, 1.82) is 0 Å². The minimum absolute atomic E-state index is 0.00605. The van der Waals surface area contributed by atoms with Crippen LogP contribution in [0.15, 0.2) is 48.5 Å². The van der Waals surface area contributed by atoms with E-state index in [9.17, 15) is 9.18 Å². The second-order valence-electron chi connectivity index (χ2n) is 6.72. The maximum atomic E-state index is 13.1. The topological polar surface area (TPSA) is 32.8 Å². The average Bonchev–Trinajstić information content (AvgIpc) is 2.90. The maximum absolute atomic E-state index is 13.1. The molecule has 1 saturated heterocycles. The Morgan fingerprint density at radius 2 is 1.69 bits per heavy atom. The van der Waals surface area contributed by atoms with Gasteiger partial charge in [-0.15, -0.1) is 0 Å². The van der Waals surface area contributed by atoms with Gasteiger partial charge in [0.25, 0.3) is 5.91 Å². The van der Waals surface area contributed by atoms with E-state index in [4.69, 9.17) is 4.74 Å². The molecule has 5 heteroatoms. The molecule has 2 aromatic carbocycles. The molecule has 1 fully saturated rings. The SMILES string of the molecule is Cc1ccc(OC(C)C(=O)N2CCCN(c3ccc(F)cc3)CC2)cc1. The minimum Gasteiger partial charge on any atom is -0.481 e. The summed E-state index contributed by atoms with van der Waals surface area (Å²) in [6.45, 7) is 6.74. The van der Waals surface area contributed by atoms with Crippen LogP contribution < -0.4 is 9.64 Å². The molecular formula is C21H25FN2O2. The number of carbonyl (C=O) groups is 1. The lowest BCUT2D eigenvalue weighted by molar-refractivity contribution is -0.137. The molecule has 0 aromatic heterocycles. The molecule has 0 saturated carbocycles. The van der Waals surface area contributed by atoms with Crippen molar-refractivity contribution in [3.63, 3.8) is 0 Å². The van der Waals surface area contributed by atoms with Gasteiger partial charge in [0.05, 0.1) is 0 Å². The van der Waals surface area contributed by atoms with Crippen molar-refractivity contribution in [2.45, 2.75) is 26.4 Å². The number of ether oxygens (including phenoxy) is 1. The first-order valence-electron chi connectivity index (χ1n) is 9.05. The van der Waals surface area contributed by atoms with Gasteiger partial charge in [0.15, 0.2) is 6.10 Å². The van der Waals surface area contributed by atoms with Gasteiger partial charge < -0.3 is 14.5 Å². The van der Waals surface area contributed by atoms with Gasteiger partial charge in [-0.05, 0) is 56.7 Å². The van der Waals surface area contributed by atoms with Gasteiger partial charge in [-0.1, -0.05) is 17.7 Å². The molecule has 1 aliphatic heterocycles. The molecule has 26 heavy (non-hydrogen) atoms. The average molecular weight is 356 g/mol. The van der Waals surface area contributed by atoms with Crippen molar-refractivity contribution in [3.05, 3.63) is 59.9 Å². The maximum Gasteiger partial charge on any atom is 0.263 e. The molecule has 138 valence electrons. The highest BCUT2D eigenvalue weighted by molar-refractivity contribution is 5.81. The van der Waals surface area contributed by atoms with E-state index in [0.29, 0.717) is 18.8 Å². The predicted octanol–water partition coefficient (Wildman–Crippen LogP) is 3.64. The van der Waals surface area contributed by atoms with Gasteiger partial charge in [0.1, 0.15) is 11.6 Å². The fraction of sp³-hybridized carbons (Fsp3) is 0.381. The third-order valence-electron chi connectivity index (χ3n) is 4.68. The summed E-state index contributed by atoms with van der Waals surface area (Å²) in [5.41, 5.74) is 2.15. The van der Waals surface area contributed by atoms with Gasteiger partial charge in [0.2, 0.25) is 0 Å². The Bertz CT molecular complexity index is 731. The molecule has 3 rings (SSSR count). The van der Waals surface area contributed by atoms with Crippen LogP contribution >= 0.6 is 0 Å². The van der Waals surface area contributed by atoms with Gasteiger partial charge in [-0.25, -0.2) is 4.39 Å². The second kappa shape index (κ2) is 8.21. The first-order chi connectivity index (χ1) is 12.5. The van der Waals surface area contributed by atoms with Gasteiger partial charge in [-0.2, -0.15) is 0 Å². The van der Waals surface area contributed by atoms with E-state index in [2.05, 4.69) is 4.90 Å². The smallest absolute Gasteiger partial charge is 0.263 e. The van der Waals surface area contributed by atoms with Crippen LogP contribution in [-0.4, -0.2) is 43.1 Å². The Morgan fingerprint density at radius 1 is 1.00 bits per heavy atom. The van der Waals surface area contributed by atoms with Crippen LogP contribution in [0.25, 0.3) is 0 Å². The second-order valence-corrected chi connectivity index (χ2v) is 6.72. The Morgan fingerprint density at radius 3 is 2.38 bits per heavy atom. The molecule has 1 aliphatic rings. The van der Waals surface area contributed by atoms with Crippen molar-refractivity contribution in [2.24, 2.45) is 0 Å². The molecule has 4 nitrogen and oxygen atoms in total. The van der Waals surface area contributed by atoms with Crippen molar-refractivity contribution in [2.75, 3.05) is 31.1 Å². The number of nitrogens with zero attached hydrogens (tertiary/aromatic N) is 2. The van der Waals surface area contributed by atoms with Crippen LogP contribution in [0.1, 0.15) is 18.9 Å². The van der Waals surface area contributed by atoms with Crippen LogP contribution in [0.2, 0.25) is 0 Å². The van der Waals surface area contributed by atoms with Crippen LogP contribution in [-0.2, 0) is 4.79 Å².